The SMILES string of the molecule is CCOC(=O)/C(C#N)=N\Nc1cc(C(=O)Nc2cc(Cl)ccc2Cl)ccc1OC. The number of halogens is 2. The second kappa shape index (κ2) is 10.3. The molecule has 8 nitrogen and oxygen atoms in total. The fraction of sp³-hybridized carbons (Fsp3) is 0.158. The van der Waals surface area contributed by atoms with E-state index in [1.54, 1.807) is 25.1 Å². The summed E-state index contributed by atoms with van der Waals surface area (Å²) in [5, 5.41) is 16.2. The molecule has 29 heavy (non-hydrogen) atoms. The largest absolute Gasteiger partial charge is 0.495 e. The van der Waals surface area contributed by atoms with Crippen molar-refractivity contribution in [3.63, 3.8) is 0 Å². The molecule has 0 saturated carbocycles. The van der Waals surface area contributed by atoms with Crippen molar-refractivity contribution in [3.8, 4) is 11.8 Å². The average molecular weight is 435 g/mol. The molecule has 0 radical (unpaired) electrons. The number of hydrogen-bond donors (Lipinski definition) is 2. The van der Waals surface area contributed by atoms with Crippen molar-refractivity contribution in [2.75, 3.05) is 24.5 Å². The standard InChI is InChI=1S/C19H16Cl2N4O4/c1-3-29-19(27)16(10-22)25-24-15-8-11(4-7-17(15)28-2)18(26)23-14-9-12(20)5-6-13(14)21/h4-9,24H,3H2,1-2H3,(H,23,26)/b25-16-. The van der Waals surface area contributed by atoms with Crippen LogP contribution in [0.4, 0.5) is 11.4 Å². The summed E-state index contributed by atoms with van der Waals surface area (Å²) < 4.78 is 9.94. The van der Waals surface area contributed by atoms with Gasteiger partial charge in [-0.1, -0.05) is 23.2 Å². The Balaban J connectivity index is 2.28. The Morgan fingerprint density at radius 1 is 1.17 bits per heavy atom. The quantitative estimate of drug-likeness (QED) is 0.385. The fourth-order valence-corrected chi connectivity index (χ4v) is 2.49. The van der Waals surface area contributed by atoms with Gasteiger partial charge in [0.2, 0.25) is 5.71 Å². The van der Waals surface area contributed by atoms with Crippen LogP contribution in [0, 0.1) is 11.3 Å². The van der Waals surface area contributed by atoms with Gasteiger partial charge in [0.15, 0.2) is 0 Å². The van der Waals surface area contributed by atoms with E-state index in [-0.39, 0.29) is 17.9 Å². The Labute approximate surface area is 177 Å². The Morgan fingerprint density at radius 3 is 2.59 bits per heavy atom. The molecule has 2 aromatic rings. The van der Waals surface area contributed by atoms with Crippen LogP contribution in [0.1, 0.15) is 17.3 Å². The van der Waals surface area contributed by atoms with Gasteiger partial charge in [0.25, 0.3) is 5.91 Å². The Hall–Kier alpha value is -3.28. The third kappa shape index (κ3) is 5.85. The number of nitriles is 1. The van der Waals surface area contributed by atoms with Gasteiger partial charge in [0.1, 0.15) is 11.8 Å². The predicted octanol–water partition coefficient (Wildman–Crippen LogP) is 4.11. The maximum Gasteiger partial charge on any atom is 0.369 e. The first-order valence-corrected chi connectivity index (χ1v) is 9.00. The first-order valence-electron chi connectivity index (χ1n) is 8.25. The normalized spacial score (nSPS) is 10.7. The maximum absolute atomic E-state index is 12.6. The van der Waals surface area contributed by atoms with Crippen molar-refractivity contribution in [1.29, 1.82) is 5.26 Å². The van der Waals surface area contributed by atoms with Gasteiger partial charge in [-0.05, 0) is 43.3 Å². The molecule has 0 spiro atoms. The minimum atomic E-state index is -0.869. The van der Waals surface area contributed by atoms with Gasteiger partial charge < -0.3 is 14.8 Å². The van der Waals surface area contributed by atoms with Gasteiger partial charge in [-0.15, -0.1) is 0 Å². The van der Waals surface area contributed by atoms with Crippen LogP contribution in [0.5, 0.6) is 5.75 Å². The number of methoxy groups -OCH3 is 1. The smallest absolute Gasteiger partial charge is 0.369 e. The number of benzene rings is 2. The summed E-state index contributed by atoms with van der Waals surface area (Å²) in [4.78, 5) is 24.2. The average Bonchev–Trinajstić information content (AvgIpc) is 2.71. The third-order valence-electron chi connectivity index (χ3n) is 3.50. The lowest BCUT2D eigenvalue weighted by Gasteiger charge is -2.11. The fourth-order valence-electron chi connectivity index (χ4n) is 2.16. The Kier molecular flexibility index (Phi) is 7.83. The van der Waals surface area contributed by atoms with E-state index in [2.05, 4.69) is 15.8 Å². The lowest BCUT2D eigenvalue weighted by atomic mass is 10.1. The summed E-state index contributed by atoms with van der Waals surface area (Å²) in [7, 11) is 1.42. The van der Waals surface area contributed by atoms with E-state index in [9.17, 15) is 9.59 Å². The van der Waals surface area contributed by atoms with E-state index in [0.29, 0.717) is 21.5 Å². The van der Waals surface area contributed by atoms with E-state index < -0.39 is 17.6 Å². The zero-order valence-corrected chi connectivity index (χ0v) is 17.0. The first kappa shape index (κ1) is 22.0. The molecule has 0 aliphatic rings. The molecule has 2 rings (SSSR count). The number of nitrogens with one attached hydrogen (secondary N) is 2. The molecule has 2 aromatic carbocycles. The predicted molar refractivity (Wildman–Crippen MR) is 111 cm³/mol. The third-order valence-corrected chi connectivity index (χ3v) is 4.07. The van der Waals surface area contributed by atoms with Crippen LogP contribution in [0.3, 0.4) is 0 Å². The highest BCUT2D eigenvalue weighted by atomic mass is 35.5. The van der Waals surface area contributed by atoms with Crippen molar-refractivity contribution in [3.05, 3.63) is 52.0 Å². The molecule has 2 N–H and O–H groups in total. The molecule has 0 atom stereocenters. The van der Waals surface area contributed by atoms with Gasteiger partial charge in [0.05, 0.1) is 30.1 Å². The van der Waals surface area contributed by atoms with Crippen LogP contribution in [0.2, 0.25) is 10.0 Å². The molecule has 0 unspecified atom stereocenters. The van der Waals surface area contributed by atoms with E-state index in [1.165, 1.54) is 31.4 Å². The minimum Gasteiger partial charge on any atom is -0.495 e. The Bertz CT molecular complexity index is 1000. The van der Waals surface area contributed by atoms with Crippen molar-refractivity contribution in [2.24, 2.45) is 5.10 Å². The molecule has 150 valence electrons. The van der Waals surface area contributed by atoms with Crippen LogP contribution >= 0.6 is 23.2 Å². The zero-order chi connectivity index (χ0) is 21.4. The van der Waals surface area contributed by atoms with Crippen LogP contribution < -0.4 is 15.5 Å². The summed E-state index contributed by atoms with van der Waals surface area (Å²) >= 11 is 12.0. The van der Waals surface area contributed by atoms with Crippen molar-refractivity contribution in [1.82, 2.24) is 0 Å². The minimum absolute atomic E-state index is 0.102. The van der Waals surface area contributed by atoms with Crippen molar-refractivity contribution >= 4 is 52.2 Å². The van der Waals surface area contributed by atoms with Gasteiger partial charge in [-0.25, -0.2) is 4.79 Å². The highest BCUT2D eigenvalue weighted by Crippen LogP contribution is 2.28. The summed E-state index contributed by atoms with van der Waals surface area (Å²) in [5.74, 6) is -0.993. The topological polar surface area (TPSA) is 113 Å². The molecular formula is C19H16Cl2N4O4. The second-order valence-electron chi connectivity index (χ2n) is 5.40. The number of ether oxygens (including phenoxy) is 2. The second-order valence-corrected chi connectivity index (χ2v) is 6.24. The summed E-state index contributed by atoms with van der Waals surface area (Å²) in [6, 6.07) is 10.8. The number of esters is 1. The van der Waals surface area contributed by atoms with Gasteiger partial charge in [0, 0.05) is 10.6 Å². The number of hydrogen-bond acceptors (Lipinski definition) is 7. The first-order chi connectivity index (χ1) is 13.9. The number of hydrazone groups is 1. The molecule has 0 heterocycles. The number of nitrogens with zero attached hydrogens (tertiary/aromatic N) is 2. The molecule has 0 saturated heterocycles. The molecule has 1 amide bonds. The summed E-state index contributed by atoms with van der Waals surface area (Å²) in [6.45, 7) is 1.71. The molecule has 10 heteroatoms. The Morgan fingerprint density at radius 2 is 1.93 bits per heavy atom. The van der Waals surface area contributed by atoms with E-state index >= 15 is 0 Å². The number of rotatable bonds is 7. The van der Waals surface area contributed by atoms with Crippen LogP contribution in [0.15, 0.2) is 41.5 Å². The summed E-state index contributed by atoms with van der Waals surface area (Å²) in [5.41, 5.74) is 2.92. The molecule has 0 aromatic heterocycles. The van der Waals surface area contributed by atoms with Crippen LogP contribution in [-0.2, 0) is 9.53 Å². The molecule has 0 aliphatic carbocycles. The number of anilines is 2. The molecule has 0 fully saturated rings. The monoisotopic (exact) mass is 434 g/mol. The summed E-state index contributed by atoms with van der Waals surface area (Å²) in [6.07, 6.45) is 0. The van der Waals surface area contributed by atoms with Crippen LogP contribution in [-0.4, -0.2) is 31.3 Å². The van der Waals surface area contributed by atoms with Crippen LogP contribution in [0.25, 0.3) is 0 Å². The van der Waals surface area contributed by atoms with Gasteiger partial charge >= 0.3 is 5.97 Å². The van der Waals surface area contributed by atoms with E-state index in [1.807, 2.05) is 0 Å². The van der Waals surface area contributed by atoms with Crippen molar-refractivity contribution in [2.45, 2.75) is 6.92 Å². The number of carbonyl (C=O) groups is 2. The lowest BCUT2D eigenvalue weighted by molar-refractivity contribution is -0.134. The highest BCUT2D eigenvalue weighted by molar-refractivity contribution is 6.43. The lowest BCUT2D eigenvalue weighted by Crippen LogP contribution is -2.17. The molecule has 0 bridgehead atoms. The van der Waals surface area contributed by atoms with Gasteiger partial charge in [-0.2, -0.15) is 10.4 Å². The van der Waals surface area contributed by atoms with E-state index in [4.69, 9.17) is 37.9 Å². The zero-order valence-electron chi connectivity index (χ0n) is 15.5. The van der Waals surface area contributed by atoms with E-state index in [0.717, 1.165) is 0 Å². The highest BCUT2D eigenvalue weighted by Gasteiger charge is 2.15. The van der Waals surface area contributed by atoms with Crippen molar-refractivity contribution < 1.29 is 19.1 Å². The molecular weight excluding hydrogens is 419 g/mol. The molecule has 0 aliphatic heterocycles. The maximum atomic E-state index is 12.6. The number of carbonyl (C=O) groups excluding carboxylic acids is 2. The number of amides is 1. The van der Waals surface area contributed by atoms with Gasteiger partial charge in [-0.3, -0.25) is 10.2 Å².